The number of aliphatic hydroxyl groups excluding tert-OH is 1. The smallest absolute Gasteiger partial charge is 0.266 e. The van der Waals surface area contributed by atoms with Crippen LogP contribution in [0.15, 0.2) is 40.4 Å². The van der Waals surface area contributed by atoms with E-state index in [-0.39, 0.29) is 18.8 Å². The van der Waals surface area contributed by atoms with Crippen LogP contribution >= 0.6 is 15.9 Å². The molecule has 0 fully saturated rings. The topological polar surface area (TPSA) is 82.4 Å². The van der Waals surface area contributed by atoms with Crippen LogP contribution in [0.4, 0.5) is 5.69 Å². The number of benzene rings is 2. The monoisotopic (exact) mass is 428 g/mol. The van der Waals surface area contributed by atoms with E-state index in [1.54, 1.807) is 18.2 Å². The molecular weight excluding hydrogens is 408 g/mol. The van der Waals surface area contributed by atoms with Crippen LogP contribution in [0, 0.1) is 32.1 Å². The normalized spacial score (nSPS) is 11.0. The third-order valence-corrected chi connectivity index (χ3v) is 4.60. The Hall–Kier alpha value is -2.62. The second kappa shape index (κ2) is 9.36. The number of aliphatic hydroxyl groups is 1. The number of nitrogens with zero attached hydrogens (tertiary/aromatic N) is 1. The quantitative estimate of drug-likeness (QED) is 0.530. The molecule has 6 heteroatoms. The lowest BCUT2D eigenvalue weighted by Crippen LogP contribution is -2.15. The minimum Gasteiger partial charge on any atom is -0.491 e. The number of halogens is 1. The maximum Gasteiger partial charge on any atom is 0.266 e. The number of amides is 1. The largest absolute Gasteiger partial charge is 0.491 e. The Bertz CT molecular complexity index is 907. The summed E-state index contributed by atoms with van der Waals surface area (Å²) >= 11 is 3.42. The molecule has 0 aliphatic rings. The first-order valence-electron chi connectivity index (χ1n) is 8.40. The number of nitriles is 1. The zero-order valence-electron chi connectivity index (χ0n) is 15.5. The molecule has 0 saturated carbocycles. The summed E-state index contributed by atoms with van der Waals surface area (Å²) in [6.45, 7) is 5.97. The second-order valence-electron chi connectivity index (χ2n) is 6.15. The first kappa shape index (κ1) is 20.7. The van der Waals surface area contributed by atoms with E-state index in [0.29, 0.717) is 15.8 Å². The number of carbonyl (C=O) groups is 1. The number of anilines is 1. The molecule has 0 atom stereocenters. The fraction of sp³-hybridized carbons (Fsp3) is 0.238. The lowest BCUT2D eigenvalue weighted by Gasteiger charge is -2.12. The van der Waals surface area contributed by atoms with Gasteiger partial charge in [-0.05, 0) is 55.7 Å². The third-order valence-electron chi connectivity index (χ3n) is 3.91. The van der Waals surface area contributed by atoms with Crippen LogP contribution in [0.3, 0.4) is 0 Å². The molecular formula is C21H21BrN2O3. The fourth-order valence-corrected chi connectivity index (χ4v) is 3.21. The van der Waals surface area contributed by atoms with Gasteiger partial charge in [-0.25, -0.2) is 0 Å². The molecule has 5 nitrogen and oxygen atoms in total. The van der Waals surface area contributed by atoms with E-state index >= 15 is 0 Å². The highest BCUT2D eigenvalue weighted by atomic mass is 79.9. The van der Waals surface area contributed by atoms with E-state index in [2.05, 4.69) is 21.2 Å². The molecule has 0 unspecified atom stereocenters. The maximum absolute atomic E-state index is 12.6. The van der Waals surface area contributed by atoms with E-state index in [1.807, 2.05) is 39.0 Å². The molecule has 2 aromatic carbocycles. The van der Waals surface area contributed by atoms with Gasteiger partial charge in [0.25, 0.3) is 5.91 Å². The van der Waals surface area contributed by atoms with E-state index in [9.17, 15) is 10.1 Å². The van der Waals surface area contributed by atoms with E-state index < -0.39 is 5.91 Å². The second-order valence-corrected chi connectivity index (χ2v) is 7.01. The van der Waals surface area contributed by atoms with Crippen LogP contribution < -0.4 is 10.1 Å². The summed E-state index contributed by atoms with van der Waals surface area (Å²) in [7, 11) is 0. The Morgan fingerprint density at radius 1 is 1.26 bits per heavy atom. The van der Waals surface area contributed by atoms with E-state index in [0.717, 1.165) is 22.4 Å². The van der Waals surface area contributed by atoms with Crippen molar-refractivity contribution in [3.05, 3.63) is 62.6 Å². The molecule has 0 heterocycles. The number of ether oxygens (including phenoxy) is 1. The SMILES string of the molecule is Cc1cc(C)c(NC(=O)C(C#N)=Cc2ccc(OCCO)cc2Br)c(C)c1. The van der Waals surface area contributed by atoms with Gasteiger partial charge in [0, 0.05) is 10.2 Å². The summed E-state index contributed by atoms with van der Waals surface area (Å²) in [6, 6.07) is 11.1. The molecule has 27 heavy (non-hydrogen) atoms. The molecule has 140 valence electrons. The van der Waals surface area contributed by atoms with Crippen molar-refractivity contribution in [3.63, 3.8) is 0 Å². The molecule has 2 rings (SSSR count). The Labute approximate surface area is 167 Å². The molecule has 0 aliphatic carbocycles. The van der Waals surface area contributed by atoms with Gasteiger partial charge in [-0.3, -0.25) is 4.79 Å². The summed E-state index contributed by atoms with van der Waals surface area (Å²) in [5.41, 5.74) is 4.41. The number of nitrogens with one attached hydrogen (secondary N) is 1. The van der Waals surface area contributed by atoms with E-state index in [1.165, 1.54) is 6.08 Å². The molecule has 0 aromatic heterocycles. The van der Waals surface area contributed by atoms with Crippen molar-refractivity contribution in [2.75, 3.05) is 18.5 Å². The number of hydrogen-bond donors (Lipinski definition) is 2. The molecule has 0 aliphatic heterocycles. The van der Waals surface area contributed by atoms with Gasteiger partial charge >= 0.3 is 0 Å². The number of hydrogen-bond acceptors (Lipinski definition) is 4. The van der Waals surface area contributed by atoms with Crippen molar-refractivity contribution in [1.29, 1.82) is 5.26 Å². The van der Waals surface area contributed by atoms with Gasteiger partial charge in [-0.15, -0.1) is 0 Å². The molecule has 1 amide bonds. The zero-order chi connectivity index (χ0) is 20.0. The first-order chi connectivity index (χ1) is 12.8. The highest BCUT2D eigenvalue weighted by Gasteiger charge is 2.14. The Morgan fingerprint density at radius 2 is 1.93 bits per heavy atom. The van der Waals surface area contributed by atoms with Gasteiger partial charge < -0.3 is 15.2 Å². The van der Waals surface area contributed by atoms with Crippen LogP contribution in [0.5, 0.6) is 5.75 Å². The fourth-order valence-electron chi connectivity index (χ4n) is 2.74. The molecule has 0 saturated heterocycles. The van der Waals surface area contributed by atoms with Gasteiger partial charge in [0.1, 0.15) is 24.0 Å². The number of carbonyl (C=O) groups excluding carboxylic acids is 1. The van der Waals surface area contributed by atoms with E-state index in [4.69, 9.17) is 9.84 Å². The average Bonchev–Trinajstić information content (AvgIpc) is 2.62. The van der Waals surface area contributed by atoms with Crippen molar-refractivity contribution in [2.24, 2.45) is 0 Å². The number of rotatable bonds is 6. The van der Waals surface area contributed by atoms with Crippen LogP contribution in [0.1, 0.15) is 22.3 Å². The van der Waals surface area contributed by atoms with Gasteiger partial charge in [0.15, 0.2) is 0 Å². The molecule has 2 aromatic rings. The van der Waals surface area contributed by atoms with Crippen molar-refractivity contribution in [1.82, 2.24) is 0 Å². The van der Waals surface area contributed by atoms with Gasteiger partial charge in [-0.1, -0.05) is 39.7 Å². The Morgan fingerprint density at radius 3 is 2.48 bits per heavy atom. The van der Waals surface area contributed by atoms with Crippen LogP contribution in [0.25, 0.3) is 6.08 Å². The summed E-state index contributed by atoms with van der Waals surface area (Å²) < 4.78 is 6.02. The van der Waals surface area contributed by atoms with Crippen molar-refractivity contribution in [3.8, 4) is 11.8 Å². The lowest BCUT2D eigenvalue weighted by molar-refractivity contribution is -0.112. The average molecular weight is 429 g/mol. The van der Waals surface area contributed by atoms with Gasteiger partial charge in [0.05, 0.1) is 6.61 Å². The minimum atomic E-state index is -0.458. The standard InChI is InChI=1S/C21H21BrN2O3/c1-13-8-14(2)20(15(3)9-13)24-21(26)17(12-23)10-16-4-5-18(11-19(16)22)27-7-6-25/h4-5,8-11,25H,6-7H2,1-3H3,(H,24,26). The minimum absolute atomic E-state index is 0.000832. The maximum atomic E-state index is 12.6. The summed E-state index contributed by atoms with van der Waals surface area (Å²) in [4.78, 5) is 12.6. The first-order valence-corrected chi connectivity index (χ1v) is 9.19. The Balaban J connectivity index is 2.26. The summed E-state index contributed by atoms with van der Waals surface area (Å²) in [6.07, 6.45) is 1.52. The molecule has 2 N–H and O–H groups in total. The summed E-state index contributed by atoms with van der Waals surface area (Å²) in [5.74, 6) is 0.127. The number of aryl methyl sites for hydroxylation is 3. The lowest BCUT2D eigenvalue weighted by atomic mass is 10.0. The van der Waals surface area contributed by atoms with Crippen LogP contribution in [0.2, 0.25) is 0 Å². The van der Waals surface area contributed by atoms with Gasteiger partial charge in [-0.2, -0.15) is 5.26 Å². The summed E-state index contributed by atoms with van der Waals surface area (Å²) in [5, 5.41) is 21.1. The van der Waals surface area contributed by atoms with Gasteiger partial charge in [0.2, 0.25) is 0 Å². The molecule has 0 bridgehead atoms. The predicted molar refractivity (Wildman–Crippen MR) is 110 cm³/mol. The van der Waals surface area contributed by atoms with Crippen molar-refractivity contribution >= 4 is 33.6 Å². The molecule has 0 radical (unpaired) electrons. The molecule has 0 spiro atoms. The zero-order valence-corrected chi connectivity index (χ0v) is 17.1. The highest BCUT2D eigenvalue weighted by Crippen LogP contribution is 2.26. The van der Waals surface area contributed by atoms with Crippen LogP contribution in [-0.2, 0) is 4.79 Å². The Kier molecular flexibility index (Phi) is 7.17. The predicted octanol–water partition coefficient (Wildman–Crippen LogP) is 4.29. The van der Waals surface area contributed by atoms with Crippen molar-refractivity contribution in [2.45, 2.75) is 20.8 Å². The third kappa shape index (κ3) is 5.43. The highest BCUT2D eigenvalue weighted by molar-refractivity contribution is 9.10. The van der Waals surface area contributed by atoms with Crippen molar-refractivity contribution < 1.29 is 14.6 Å². The van der Waals surface area contributed by atoms with Crippen LogP contribution in [-0.4, -0.2) is 24.2 Å².